The van der Waals surface area contributed by atoms with Crippen LogP contribution in [0.4, 0.5) is 0 Å². The number of esters is 3. The van der Waals surface area contributed by atoms with Crippen LogP contribution in [-0.4, -0.2) is 66.9 Å². The Morgan fingerprint density at radius 2 is 1.30 bits per heavy atom. The highest BCUT2D eigenvalue weighted by Crippen LogP contribution is 2.26. The fourth-order valence-corrected chi connectivity index (χ4v) is 2.66. The highest BCUT2D eigenvalue weighted by atomic mass is 16.6. The average molecular weight is 388 g/mol. The van der Waals surface area contributed by atoms with Crippen LogP contribution in [0.15, 0.2) is 0 Å². The summed E-state index contributed by atoms with van der Waals surface area (Å²) in [5, 5.41) is 5.01. The molecule has 0 saturated carbocycles. The standard InChI is InChI=1S/C16H24N2O9/c1-7(19)17-13-15(26-11(5)23)14(25-10(4)22)12(6-24-9(3)21)27-16(13)18-8(2)20/h12-16H,6H2,1-5H3,(H,17,19)(H,18,20)/t12-,13-,14-,15-,16-/m1/s1. The van der Waals surface area contributed by atoms with Crippen LogP contribution in [0, 0.1) is 0 Å². The Kier molecular flexibility index (Phi) is 8.16. The van der Waals surface area contributed by atoms with Gasteiger partial charge in [-0.1, -0.05) is 0 Å². The maximum Gasteiger partial charge on any atom is 0.303 e. The Balaban J connectivity index is 3.29. The third-order valence-electron chi connectivity index (χ3n) is 3.46. The fourth-order valence-electron chi connectivity index (χ4n) is 2.66. The van der Waals surface area contributed by atoms with Crippen molar-refractivity contribution in [3.05, 3.63) is 0 Å². The maximum absolute atomic E-state index is 11.6. The van der Waals surface area contributed by atoms with Crippen molar-refractivity contribution in [3.8, 4) is 0 Å². The van der Waals surface area contributed by atoms with E-state index in [-0.39, 0.29) is 6.61 Å². The van der Waals surface area contributed by atoms with Gasteiger partial charge in [0.1, 0.15) is 18.8 Å². The third-order valence-corrected chi connectivity index (χ3v) is 3.46. The molecule has 0 aromatic heterocycles. The monoisotopic (exact) mass is 388 g/mol. The van der Waals surface area contributed by atoms with Crippen molar-refractivity contribution in [1.29, 1.82) is 0 Å². The SMILES string of the molecule is CC(=O)N[C@@H]1[C@@H](OC(C)=O)[C@H](OC(C)=O)[C@@H](COC(C)=O)O[C@H]1NC(C)=O. The summed E-state index contributed by atoms with van der Waals surface area (Å²) in [6, 6.07) is -1.05. The lowest BCUT2D eigenvalue weighted by Gasteiger charge is -2.45. The van der Waals surface area contributed by atoms with Crippen molar-refractivity contribution in [2.75, 3.05) is 6.61 Å². The van der Waals surface area contributed by atoms with Gasteiger partial charge in [-0.05, 0) is 0 Å². The van der Waals surface area contributed by atoms with Crippen LogP contribution in [0.3, 0.4) is 0 Å². The van der Waals surface area contributed by atoms with Gasteiger partial charge in [-0.15, -0.1) is 0 Å². The van der Waals surface area contributed by atoms with Gasteiger partial charge in [0.05, 0.1) is 0 Å². The third kappa shape index (κ3) is 7.21. The number of hydrogen-bond acceptors (Lipinski definition) is 9. The van der Waals surface area contributed by atoms with Gasteiger partial charge in [0.2, 0.25) is 11.8 Å². The Morgan fingerprint density at radius 3 is 1.74 bits per heavy atom. The number of rotatable bonds is 6. The zero-order chi connectivity index (χ0) is 20.7. The first-order valence-electron chi connectivity index (χ1n) is 8.18. The highest BCUT2D eigenvalue weighted by Gasteiger charge is 2.51. The van der Waals surface area contributed by atoms with E-state index in [1.165, 1.54) is 20.8 Å². The van der Waals surface area contributed by atoms with Crippen LogP contribution in [0.2, 0.25) is 0 Å². The summed E-state index contributed by atoms with van der Waals surface area (Å²) in [5.74, 6) is -2.98. The second-order valence-corrected chi connectivity index (χ2v) is 5.97. The minimum Gasteiger partial charge on any atom is -0.463 e. The first-order chi connectivity index (χ1) is 12.5. The van der Waals surface area contributed by atoms with E-state index in [9.17, 15) is 24.0 Å². The van der Waals surface area contributed by atoms with Gasteiger partial charge >= 0.3 is 17.9 Å². The molecule has 2 amide bonds. The van der Waals surface area contributed by atoms with Crippen molar-refractivity contribution in [2.45, 2.75) is 65.2 Å². The number of carbonyl (C=O) groups excluding carboxylic acids is 5. The number of amides is 2. The van der Waals surface area contributed by atoms with Crippen molar-refractivity contribution in [2.24, 2.45) is 0 Å². The quantitative estimate of drug-likeness (QED) is 0.422. The predicted molar refractivity (Wildman–Crippen MR) is 87.8 cm³/mol. The molecule has 152 valence electrons. The molecule has 1 aliphatic rings. The van der Waals surface area contributed by atoms with Gasteiger partial charge in [-0.25, -0.2) is 0 Å². The van der Waals surface area contributed by atoms with E-state index in [4.69, 9.17) is 18.9 Å². The second kappa shape index (κ2) is 9.86. The minimum absolute atomic E-state index is 0.325. The molecule has 0 bridgehead atoms. The summed E-state index contributed by atoms with van der Waals surface area (Å²) in [6.07, 6.45) is -4.55. The topological polar surface area (TPSA) is 146 Å². The zero-order valence-corrected chi connectivity index (χ0v) is 15.8. The summed E-state index contributed by atoms with van der Waals surface area (Å²) in [5.41, 5.74) is 0. The van der Waals surface area contributed by atoms with E-state index < -0.39 is 60.3 Å². The van der Waals surface area contributed by atoms with Gasteiger partial charge in [0.15, 0.2) is 18.4 Å². The van der Waals surface area contributed by atoms with Gasteiger partial charge in [0.25, 0.3) is 0 Å². The van der Waals surface area contributed by atoms with E-state index in [0.29, 0.717) is 0 Å². The van der Waals surface area contributed by atoms with Crippen LogP contribution in [0.25, 0.3) is 0 Å². The molecule has 2 N–H and O–H groups in total. The van der Waals surface area contributed by atoms with Crippen LogP contribution >= 0.6 is 0 Å². The molecule has 27 heavy (non-hydrogen) atoms. The van der Waals surface area contributed by atoms with E-state index >= 15 is 0 Å². The number of carbonyl (C=O) groups is 5. The summed E-state index contributed by atoms with van der Waals surface area (Å²) in [7, 11) is 0. The smallest absolute Gasteiger partial charge is 0.303 e. The van der Waals surface area contributed by atoms with Crippen molar-refractivity contribution in [1.82, 2.24) is 10.6 Å². The summed E-state index contributed by atoms with van der Waals surface area (Å²) in [6.45, 7) is 5.59. The van der Waals surface area contributed by atoms with Gasteiger partial charge < -0.3 is 29.6 Å². The number of hydrogen-bond donors (Lipinski definition) is 2. The van der Waals surface area contributed by atoms with E-state index in [2.05, 4.69) is 10.6 Å². The molecule has 0 radical (unpaired) electrons. The van der Waals surface area contributed by atoms with Gasteiger partial charge in [0, 0.05) is 34.6 Å². The van der Waals surface area contributed by atoms with E-state index in [1.807, 2.05) is 0 Å². The molecule has 0 aliphatic carbocycles. The van der Waals surface area contributed by atoms with Crippen LogP contribution in [0.1, 0.15) is 34.6 Å². The normalized spacial score (nSPS) is 27.1. The number of nitrogens with one attached hydrogen (secondary N) is 2. The molecule has 1 rings (SSSR count). The molecule has 1 aliphatic heterocycles. The van der Waals surface area contributed by atoms with Crippen LogP contribution in [0.5, 0.6) is 0 Å². The van der Waals surface area contributed by atoms with Gasteiger partial charge in [-0.3, -0.25) is 24.0 Å². The lowest BCUT2D eigenvalue weighted by molar-refractivity contribution is -0.227. The molecular formula is C16H24N2O9. The largest absolute Gasteiger partial charge is 0.463 e. The summed E-state index contributed by atoms with van der Waals surface area (Å²) < 4.78 is 21.1. The lowest BCUT2D eigenvalue weighted by Crippen LogP contribution is -2.69. The van der Waals surface area contributed by atoms with Crippen molar-refractivity contribution in [3.63, 3.8) is 0 Å². The summed E-state index contributed by atoms with van der Waals surface area (Å²) in [4.78, 5) is 57.4. The molecule has 1 heterocycles. The second-order valence-electron chi connectivity index (χ2n) is 5.97. The van der Waals surface area contributed by atoms with Crippen molar-refractivity contribution < 1.29 is 42.9 Å². The molecule has 0 aromatic rings. The summed E-state index contributed by atoms with van der Waals surface area (Å²) >= 11 is 0. The first kappa shape index (κ1) is 22.4. The lowest BCUT2D eigenvalue weighted by atomic mass is 9.95. The molecule has 11 nitrogen and oxygen atoms in total. The molecule has 1 saturated heterocycles. The Morgan fingerprint density at radius 1 is 0.778 bits per heavy atom. The highest BCUT2D eigenvalue weighted by molar-refractivity contribution is 5.75. The number of ether oxygens (including phenoxy) is 4. The molecule has 0 aromatic carbocycles. The molecule has 11 heteroatoms. The zero-order valence-electron chi connectivity index (χ0n) is 15.8. The Hall–Kier alpha value is -2.69. The Labute approximate surface area is 156 Å². The Bertz CT molecular complexity index is 607. The first-order valence-corrected chi connectivity index (χ1v) is 8.18. The fraction of sp³-hybridized carbons (Fsp3) is 0.688. The maximum atomic E-state index is 11.6. The predicted octanol–water partition coefficient (Wildman–Crippen LogP) is -1.22. The molecule has 0 unspecified atom stereocenters. The average Bonchev–Trinajstić information content (AvgIpc) is 2.49. The minimum atomic E-state index is -1.19. The molecular weight excluding hydrogens is 364 g/mol. The molecule has 0 spiro atoms. The van der Waals surface area contributed by atoms with E-state index in [1.54, 1.807) is 0 Å². The molecule has 1 fully saturated rings. The molecule has 5 atom stereocenters. The van der Waals surface area contributed by atoms with Gasteiger partial charge in [-0.2, -0.15) is 0 Å². The van der Waals surface area contributed by atoms with Crippen LogP contribution < -0.4 is 10.6 Å². The van der Waals surface area contributed by atoms with Crippen molar-refractivity contribution >= 4 is 29.7 Å². The van der Waals surface area contributed by atoms with E-state index in [0.717, 1.165) is 13.8 Å². The van der Waals surface area contributed by atoms with Crippen LogP contribution in [-0.2, 0) is 42.9 Å².